The van der Waals surface area contributed by atoms with Gasteiger partial charge in [-0.2, -0.15) is 13.2 Å². The molecule has 0 fully saturated rings. The number of carbonyl (C=O) groups excluding carboxylic acids is 2. The number of alkyl halides is 3. The summed E-state index contributed by atoms with van der Waals surface area (Å²) in [5.41, 5.74) is 7.64. The lowest BCUT2D eigenvalue weighted by Crippen LogP contribution is -2.24. The van der Waals surface area contributed by atoms with Gasteiger partial charge in [-0.3, -0.25) is 19.5 Å². The van der Waals surface area contributed by atoms with Crippen LogP contribution in [-0.2, 0) is 15.8 Å². The van der Waals surface area contributed by atoms with Crippen molar-refractivity contribution in [2.24, 2.45) is 5.73 Å². The molecule has 10 heteroatoms. The summed E-state index contributed by atoms with van der Waals surface area (Å²) >= 11 is 0. The Morgan fingerprint density at radius 1 is 0.974 bits per heavy atom. The van der Waals surface area contributed by atoms with Crippen LogP contribution < -0.4 is 16.0 Å². The van der Waals surface area contributed by atoms with Crippen LogP contribution in [0.4, 0.5) is 30.4 Å². The van der Waals surface area contributed by atoms with Gasteiger partial charge in [0.1, 0.15) is 5.82 Å². The number of carbonyl (C=O) groups is 2. The van der Waals surface area contributed by atoms with Gasteiger partial charge in [0.05, 0.1) is 23.3 Å². The molecular formula is C28H28F3N5O2. The number of nitrogens with one attached hydrogen (secondary N) is 1. The summed E-state index contributed by atoms with van der Waals surface area (Å²) in [4.78, 5) is 34.2. The predicted octanol–water partition coefficient (Wildman–Crippen LogP) is 6.23. The van der Waals surface area contributed by atoms with E-state index in [9.17, 15) is 22.8 Å². The van der Waals surface area contributed by atoms with Crippen LogP contribution in [0.2, 0.25) is 0 Å². The van der Waals surface area contributed by atoms with Crippen molar-refractivity contribution < 1.29 is 22.8 Å². The summed E-state index contributed by atoms with van der Waals surface area (Å²) in [5, 5.41) is 3.15. The molecule has 7 nitrogen and oxygen atoms in total. The topological polar surface area (TPSA) is 101 Å². The monoisotopic (exact) mass is 523 g/mol. The maximum atomic E-state index is 13.4. The molecule has 0 aliphatic heterocycles. The quantitative estimate of drug-likeness (QED) is 0.323. The second kappa shape index (κ2) is 11.8. The van der Waals surface area contributed by atoms with E-state index >= 15 is 0 Å². The molecule has 4 rings (SSSR count). The Morgan fingerprint density at radius 3 is 2.29 bits per heavy atom. The van der Waals surface area contributed by atoms with E-state index in [-0.39, 0.29) is 18.1 Å². The summed E-state index contributed by atoms with van der Waals surface area (Å²) in [6.07, 6.45) is -1.40. The summed E-state index contributed by atoms with van der Waals surface area (Å²) in [5.74, 6) is -0.469. The van der Waals surface area contributed by atoms with E-state index in [1.165, 1.54) is 24.0 Å². The minimum absolute atomic E-state index is 0.0972. The molecule has 0 aliphatic rings. The van der Waals surface area contributed by atoms with Crippen molar-refractivity contribution in [2.75, 3.05) is 16.8 Å². The van der Waals surface area contributed by atoms with Crippen LogP contribution in [0.25, 0.3) is 22.0 Å². The van der Waals surface area contributed by atoms with Crippen LogP contribution in [0.1, 0.15) is 31.9 Å². The summed E-state index contributed by atoms with van der Waals surface area (Å²) in [7, 11) is 0. The van der Waals surface area contributed by atoms with E-state index < -0.39 is 17.6 Å². The third-order valence-corrected chi connectivity index (χ3v) is 5.54. The number of aryl methyl sites for hydroxylation is 1. The fraction of sp³-hybridized carbons (Fsp3) is 0.214. The Kier molecular flexibility index (Phi) is 8.80. The average Bonchev–Trinajstić information content (AvgIpc) is 2.91. The van der Waals surface area contributed by atoms with E-state index in [4.69, 9.17) is 5.73 Å². The Morgan fingerprint density at radius 2 is 1.68 bits per heavy atom. The molecule has 3 N–H and O–H groups in total. The van der Waals surface area contributed by atoms with Gasteiger partial charge in [0.2, 0.25) is 11.8 Å². The van der Waals surface area contributed by atoms with Gasteiger partial charge in [-0.25, -0.2) is 4.98 Å². The zero-order valence-corrected chi connectivity index (χ0v) is 21.4. The van der Waals surface area contributed by atoms with Gasteiger partial charge in [-0.05, 0) is 60.5 Å². The van der Waals surface area contributed by atoms with Gasteiger partial charge in [-0.15, -0.1) is 0 Å². The number of pyridine rings is 2. The summed E-state index contributed by atoms with van der Waals surface area (Å²) in [6.45, 7) is 6.88. The third kappa shape index (κ3) is 6.15. The highest BCUT2D eigenvalue weighted by atomic mass is 19.4. The van der Waals surface area contributed by atoms with Crippen LogP contribution in [0.3, 0.4) is 0 Å². The second-order valence-corrected chi connectivity index (χ2v) is 8.11. The molecule has 198 valence electrons. The van der Waals surface area contributed by atoms with E-state index in [0.29, 0.717) is 28.0 Å². The van der Waals surface area contributed by atoms with Crippen LogP contribution in [0.5, 0.6) is 0 Å². The molecule has 0 spiro atoms. The lowest BCUT2D eigenvalue weighted by Gasteiger charge is -2.25. The maximum absolute atomic E-state index is 13.4. The molecule has 2 aromatic carbocycles. The Hall–Kier alpha value is -4.31. The molecule has 4 aromatic rings. The molecule has 2 aromatic heterocycles. The van der Waals surface area contributed by atoms with Gasteiger partial charge in [0, 0.05) is 36.0 Å². The number of nitrogens with two attached hydrogens (primary N) is 1. The minimum Gasteiger partial charge on any atom is -0.322 e. The molecule has 0 unspecified atom stereocenters. The zero-order chi connectivity index (χ0) is 28.0. The average molecular weight is 524 g/mol. The van der Waals surface area contributed by atoms with Crippen molar-refractivity contribution >= 4 is 39.9 Å². The minimum atomic E-state index is -4.55. The molecular weight excluding hydrogens is 495 g/mol. The summed E-state index contributed by atoms with van der Waals surface area (Å²) in [6, 6.07) is 13.4. The third-order valence-electron chi connectivity index (χ3n) is 5.54. The fourth-order valence-corrected chi connectivity index (χ4v) is 3.88. The van der Waals surface area contributed by atoms with Crippen LogP contribution in [0.15, 0.2) is 67.0 Å². The van der Waals surface area contributed by atoms with E-state index in [1.807, 2.05) is 26.0 Å². The molecule has 2 amide bonds. The molecule has 0 aliphatic carbocycles. The van der Waals surface area contributed by atoms with Crippen molar-refractivity contribution in [1.29, 1.82) is 0 Å². The number of anilines is 3. The molecule has 0 saturated heterocycles. The molecule has 2 heterocycles. The lowest BCUT2D eigenvalue weighted by molar-refractivity contribution is -0.137. The first-order valence-electron chi connectivity index (χ1n) is 11.9. The number of benzene rings is 2. The van der Waals surface area contributed by atoms with Gasteiger partial charge < -0.3 is 11.1 Å². The molecule has 0 saturated carbocycles. The summed E-state index contributed by atoms with van der Waals surface area (Å²) < 4.78 is 40.1. The second-order valence-electron chi connectivity index (χ2n) is 8.11. The van der Waals surface area contributed by atoms with Gasteiger partial charge in [-0.1, -0.05) is 26.0 Å². The lowest BCUT2D eigenvalue weighted by atomic mass is 10.0. The number of nitrogens with zero attached hydrogens (tertiary/aromatic N) is 3. The van der Waals surface area contributed by atoms with E-state index in [0.717, 1.165) is 23.3 Å². The first-order chi connectivity index (χ1) is 18.1. The zero-order valence-electron chi connectivity index (χ0n) is 21.4. The van der Waals surface area contributed by atoms with Crippen molar-refractivity contribution in [2.45, 2.75) is 33.9 Å². The standard InChI is InChI=1S/C26H22F3N5O2.C2H6/c1-15-13-31-22-8-6-17(18-7-9-23(32-14-18)33-24(36)12-30)10-21(22)25(15)34(16(2)35)20-5-3-4-19(11-20)26(27,28)29;1-2/h3-11,13-14H,12,30H2,1-2H3,(H,32,33,36);1-2H3. The first-order valence-corrected chi connectivity index (χ1v) is 11.9. The number of aromatic nitrogens is 2. The number of fused-ring (bicyclic) bond motifs is 1. The van der Waals surface area contributed by atoms with Gasteiger partial charge >= 0.3 is 6.18 Å². The van der Waals surface area contributed by atoms with Crippen molar-refractivity contribution in [3.8, 4) is 11.1 Å². The normalized spacial score (nSPS) is 10.9. The number of hydrogen-bond donors (Lipinski definition) is 2. The molecule has 0 bridgehead atoms. The van der Waals surface area contributed by atoms with Crippen LogP contribution >= 0.6 is 0 Å². The number of amides is 2. The number of rotatable bonds is 5. The smallest absolute Gasteiger partial charge is 0.322 e. The molecule has 0 atom stereocenters. The van der Waals surface area contributed by atoms with E-state index in [1.54, 1.807) is 37.5 Å². The van der Waals surface area contributed by atoms with Crippen molar-refractivity contribution in [1.82, 2.24) is 9.97 Å². The van der Waals surface area contributed by atoms with Crippen LogP contribution in [-0.4, -0.2) is 28.3 Å². The van der Waals surface area contributed by atoms with Crippen molar-refractivity contribution in [3.63, 3.8) is 0 Å². The van der Waals surface area contributed by atoms with Gasteiger partial charge in [0.25, 0.3) is 0 Å². The highest BCUT2D eigenvalue weighted by molar-refractivity contribution is 6.08. The maximum Gasteiger partial charge on any atom is 0.416 e. The Balaban J connectivity index is 0.00000195. The van der Waals surface area contributed by atoms with Crippen molar-refractivity contribution in [3.05, 3.63) is 78.1 Å². The fourth-order valence-electron chi connectivity index (χ4n) is 3.88. The largest absolute Gasteiger partial charge is 0.416 e. The number of hydrogen-bond acceptors (Lipinski definition) is 5. The Bertz CT molecular complexity index is 1450. The van der Waals surface area contributed by atoms with Crippen LogP contribution in [0, 0.1) is 6.92 Å². The Labute approximate surface area is 218 Å². The highest BCUT2D eigenvalue weighted by Crippen LogP contribution is 2.39. The first kappa shape index (κ1) is 28.3. The molecule has 0 radical (unpaired) electrons. The van der Waals surface area contributed by atoms with E-state index in [2.05, 4.69) is 15.3 Å². The molecule has 38 heavy (non-hydrogen) atoms. The van der Waals surface area contributed by atoms with Gasteiger partial charge in [0.15, 0.2) is 0 Å². The highest BCUT2D eigenvalue weighted by Gasteiger charge is 2.31. The SMILES string of the molecule is CC.CC(=O)N(c1cccc(C(F)(F)F)c1)c1c(C)cnc2ccc(-c3ccc(NC(=O)CN)nc3)cc12. The number of halogens is 3. The predicted molar refractivity (Wildman–Crippen MR) is 143 cm³/mol.